The fourth-order valence-corrected chi connectivity index (χ4v) is 4.74. The van der Waals surface area contributed by atoms with Crippen LogP contribution in [0.15, 0.2) is 47.7 Å². The summed E-state index contributed by atoms with van der Waals surface area (Å²) in [5.41, 5.74) is 3.99. The lowest BCUT2D eigenvalue weighted by Crippen LogP contribution is -2.57. The van der Waals surface area contributed by atoms with E-state index >= 15 is 0 Å². The van der Waals surface area contributed by atoms with Crippen LogP contribution in [0.3, 0.4) is 0 Å². The number of esters is 1. The fourth-order valence-electron chi connectivity index (χ4n) is 4.74. The van der Waals surface area contributed by atoms with Crippen molar-refractivity contribution in [2.45, 2.75) is 31.2 Å². The van der Waals surface area contributed by atoms with E-state index in [2.05, 4.69) is 15.4 Å². The molecule has 0 saturated heterocycles. The molecule has 33 heavy (non-hydrogen) atoms. The Hall–Kier alpha value is -3.88. The first kappa shape index (κ1) is 21.0. The normalized spacial score (nSPS) is 16.2. The molecule has 3 aliphatic carbocycles. The average Bonchev–Trinajstić information content (AvgIpc) is 3.27. The molecule has 0 spiro atoms. The van der Waals surface area contributed by atoms with Crippen LogP contribution < -0.4 is 14.8 Å². The highest BCUT2D eigenvalue weighted by Gasteiger charge is 2.48. The molecule has 1 fully saturated rings. The second-order valence-corrected chi connectivity index (χ2v) is 8.36. The molecule has 0 atom stereocenters. The van der Waals surface area contributed by atoms with Crippen molar-refractivity contribution in [3.05, 3.63) is 53.4 Å². The molecule has 3 aliphatic rings. The van der Waals surface area contributed by atoms with E-state index in [4.69, 9.17) is 14.2 Å². The summed E-state index contributed by atoms with van der Waals surface area (Å²) in [5, 5.41) is 7.68. The van der Waals surface area contributed by atoms with Gasteiger partial charge in [0.25, 0.3) is 5.91 Å². The van der Waals surface area contributed by atoms with Gasteiger partial charge in [-0.25, -0.2) is 14.3 Å². The molecule has 3 aromatic rings. The van der Waals surface area contributed by atoms with Crippen LogP contribution in [0.25, 0.3) is 16.9 Å². The molecule has 170 valence electrons. The summed E-state index contributed by atoms with van der Waals surface area (Å²) in [6.07, 6.45) is 4.34. The molecule has 9 heteroatoms. The van der Waals surface area contributed by atoms with Gasteiger partial charge in [0, 0.05) is 28.9 Å². The van der Waals surface area contributed by atoms with Crippen LogP contribution in [0.2, 0.25) is 0 Å². The van der Waals surface area contributed by atoms with E-state index in [-0.39, 0.29) is 17.4 Å². The third-order valence-electron chi connectivity index (χ3n) is 6.46. The zero-order valence-electron chi connectivity index (χ0n) is 18.7. The Bertz CT molecular complexity index is 1300. The molecule has 1 amide bonds. The minimum Gasteiger partial charge on any atom is -0.493 e. The maximum absolute atomic E-state index is 13.1. The van der Waals surface area contributed by atoms with Crippen LogP contribution in [0.4, 0.5) is 0 Å². The number of fused-ring (bicyclic) bond motifs is 3. The first-order valence-corrected chi connectivity index (χ1v) is 10.7. The summed E-state index contributed by atoms with van der Waals surface area (Å²) in [5.74, 6) is 0.711. The van der Waals surface area contributed by atoms with Crippen molar-refractivity contribution < 1.29 is 23.8 Å². The van der Waals surface area contributed by atoms with Gasteiger partial charge in [0.1, 0.15) is 0 Å². The van der Waals surface area contributed by atoms with Crippen molar-refractivity contribution in [3.8, 4) is 22.8 Å². The summed E-state index contributed by atoms with van der Waals surface area (Å²) in [7, 11) is 4.56. The van der Waals surface area contributed by atoms with Crippen molar-refractivity contribution in [2.75, 3.05) is 21.3 Å². The van der Waals surface area contributed by atoms with E-state index in [1.807, 2.05) is 24.3 Å². The van der Waals surface area contributed by atoms with E-state index < -0.39 is 0 Å². The van der Waals surface area contributed by atoms with Crippen LogP contribution in [0.5, 0.6) is 11.5 Å². The third kappa shape index (κ3) is 3.49. The van der Waals surface area contributed by atoms with Gasteiger partial charge in [0.05, 0.1) is 27.0 Å². The number of nitrogens with zero attached hydrogens (tertiary/aromatic N) is 3. The molecule has 1 aromatic carbocycles. The van der Waals surface area contributed by atoms with Gasteiger partial charge in [-0.3, -0.25) is 4.79 Å². The molecular weight excluding hydrogens is 424 g/mol. The summed E-state index contributed by atoms with van der Waals surface area (Å²) in [6, 6.07) is 9.09. The van der Waals surface area contributed by atoms with Gasteiger partial charge in [0.15, 0.2) is 22.8 Å². The topological polar surface area (TPSA) is 104 Å². The molecule has 9 nitrogen and oxygen atoms in total. The fraction of sp³-hybridized carbons (Fsp3) is 0.333. The van der Waals surface area contributed by atoms with Gasteiger partial charge in [-0.2, -0.15) is 5.10 Å². The highest BCUT2D eigenvalue weighted by atomic mass is 16.5. The van der Waals surface area contributed by atoms with Gasteiger partial charge in [-0.05, 0) is 49.9 Å². The predicted octanol–water partition coefficient (Wildman–Crippen LogP) is 2.94. The first-order chi connectivity index (χ1) is 16.0. The molecule has 0 aliphatic heterocycles. The molecule has 2 heterocycles. The van der Waals surface area contributed by atoms with E-state index in [0.29, 0.717) is 48.5 Å². The molecule has 2 bridgehead atoms. The molecule has 2 aromatic heterocycles. The number of carbonyl (C=O) groups is 2. The summed E-state index contributed by atoms with van der Waals surface area (Å²) < 4.78 is 17.2. The first-order valence-electron chi connectivity index (χ1n) is 10.7. The van der Waals surface area contributed by atoms with Gasteiger partial charge in [-0.15, -0.1) is 0 Å². The maximum atomic E-state index is 13.1. The number of aromatic nitrogens is 3. The van der Waals surface area contributed by atoms with Gasteiger partial charge in [-0.1, -0.05) is 5.57 Å². The largest absolute Gasteiger partial charge is 0.493 e. The summed E-state index contributed by atoms with van der Waals surface area (Å²) >= 11 is 0. The van der Waals surface area contributed by atoms with Crippen LogP contribution in [0, 0.1) is 0 Å². The van der Waals surface area contributed by atoms with E-state index in [1.54, 1.807) is 31.0 Å². The zero-order chi connectivity index (χ0) is 23.2. The predicted molar refractivity (Wildman–Crippen MR) is 119 cm³/mol. The number of carbonyl (C=O) groups excluding carboxylic acids is 2. The van der Waals surface area contributed by atoms with Crippen LogP contribution >= 0.6 is 0 Å². The lowest BCUT2D eigenvalue weighted by atomic mass is 9.63. The monoisotopic (exact) mass is 448 g/mol. The number of rotatable bonds is 6. The number of hydrogen-bond acceptors (Lipinski definition) is 7. The van der Waals surface area contributed by atoms with Crippen molar-refractivity contribution in [2.24, 2.45) is 0 Å². The highest BCUT2D eigenvalue weighted by Crippen LogP contribution is 2.48. The molecular formula is C24H24N4O5. The maximum Gasteiger partial charge on any atom is 0.333 e. The average molecular weight is 448 g/mol. The van der Waals surface area contributed by atoms with Crippen molar-refractivity contribution in [1.29, 1.82) is 0 Å². The van der Waals surface area contributed by atoms with Gasteiger partial charge >= 0.3 is 5.97 Å². The Morgan fingerprint density at radius 3 is 2.52 bits per heavy atom. The Labute approximate surface area is 190 Å². The van der Waals surface area contributed by atoms with Crippen molar-refractivity contribution >= 4 is 17.5 Å². The Morgan fingerprint density at radius 2 is 1.85 bits per heavy atom. The smallest absolute Gasteiger partial charge is 0.333 e. The second-order valence-electron chi connectivity index (χ2n) is 8.36. The molecule has 1 N–H and O–H groups in total. The Balaban J connectivity index is 1.41. The van der Waals surface area contributed by atoms with E-state index in [0.717, 1.165) is 22.4 Å². The van der Waals surface area contributed by atoms with Crippen molar-refractivity contribution in [1.82, 2.24) is 19.9 Å². The standard InChI is InChI=1S/C24H24N4O5/c1-31-19-5-4-14(10-20(19)32-2)18-7-9-25-21-11-17(27-28(18)21)22(29)26-24-8-6-16(23(30)33-3)15(12-24)13-24/h4-5,7,9-11H,6,8,12-13H2,1-3H3,(H,26,29). The van der Waals surface area contributed by atoms with Crippen molar-refractivity contribution in [3.63, 3.8) is 0 Å². The Kier molecular flexibility index (Phi) is 5.03. The zero-order valence-corrected chi connectivity index (χ0v) is 18.7. The molecule has 0 radical (unpaired) electrons. The number of methoxy groups -OCH3 is 3. The minimum atomic E-state index is -0.320. The molecule has 1 saturated carbocycles. The SMILES string of the molecule is COC(=O)C1=C2CC(NC(=O)c3cc4nccc(-c5ccc(OC)c(OC)c5)n4n3)(CC1)C2. The van der Waals surface area contributed by atoms with E-state index in [9.17, 15) is 9.59 Å². The van der Waals surface area contributed by atoms with Crippen LogP contribution in [-0.4, -0.2) is 53.3 Å². The van der Waals surface area contributed by atoms with Crippen LogP contribution in [-0.2, 0) is 9.53 Å². The number of benzene rings is 1. The highest BCUT2D eigenvalue weighted by molar-refractivity contribution is 5.95. The number of ether oxygens (including phenoxy) is 3. The number of amides is 1. The number of nitrogens with one attached hydrogen (secondary N) is 1. The lowest BCUT2D eigenvalue weighted by Gasteiger charge is -2.49. The summed E-state index contributed by atoms with van der Waals surface area (Å²) in [4.78, 5) is 29.3. The summed E-state index contributed by atoms with van der Waals surface area (Å²) in [6.45, 7) is 0. The molecule has 0 unspecified atom stereocenters. The minimum absolute atomic E-state index is 0.251. The quantitative estimate of drug-likeness (QED) is 0.578. The van der Waals surface area contributed by atoms with E-state index in [1.165, 1.54) is 7.11 Å². The van der Waals surface area contributed by atoms with Crippen LogP contribution in [0.1, 0.15) is 36.2 Å². The number of hydrogen-bond donors (Lipinski definition) is 1. The second kappa shape index (κ2) is 7.91. The third-order valence-corrected chi connectivity index (χ3v) is 6.46. The van der Waals surface area contributed by atoms with Gasteiger partial charge in [0.2, 0.25) is 0 Å². The molecule has 6 rings (SSSR count). The lowest BCUT2D eigenvalue weighted by molar-refractivity contribution is -0.136. The van der Waals surface area contributed by atoms with Gasteiger partial charge < -0.3 is 19.5 Å². The Morgan fingerprint density at radius 1 is 1.06 bits per heavy atom.